The molecule has 0 atom stereocenters. The first-order chi connectivity index (χ1) is 32.5. The van der Waals surface area contributed by atoms with E-state index in [4.69, 9.17) is 0 Å². The first-order valence-corrected chi connectivity index (χ1v) is 26.2. The summed E-state index contributed by atoms with van der Waals surface area (Å²) in [4.78, 5) is 0. The van der Waals surface area contributed by atoms with Gasteiger partial charge in [0.1, 0.15) is 0 Å². The van der Waals surface area contributed by atoms with Crippen LogP contribution in [0.2, 0.25) is 0 Å². The maximum absolute atomic E-state index is 4.02. The van der Waals surface area contributed by atoms with E-state index in [0.717, 1.165) is 11.4 Å². The molecule has 1 aliphatic heterocycles. The van der Waals surface area contributed by atoms with Gasteiger partial charge in [0, 0.05) is 79.3 Å². The molecule has 0 fully saturated rings. The van der Waals surface area contributed by atoms with E-state index in [-0.39, 0.29) is 21.7 Å². The van der Waals surface area contributed by atoms with Crippen molar-refractivity contribution < 1.29 is 0 Å². The van der Waals surface area contributed by atoms with E-state index in [1.165, 1.54) is 142 Å². The highest BCUT2D eigenvalue weighted by Gasteiger charge is 2.39. The predicted octanol–water partition coefficient (Wildman–Crippen LogP) is 16.9. The van der Waals surface area contributed by atoms with Gasteiger partial charge in [-0.15, -0.1) is 22.7 Å². The molecule has 4 heterocycles. The number of nitrogens with one attached hydrogen (secondary N) is 1. The van der Waals surface area contributed by atoms with Gasteiger partial charge in [-0.3, -0.25) is 0 Å². The second-order valence-electron chi connectivity index (χ2n) is 23.1. The molecule has 0 unspecified atom stereocenters. The zero-order valence-electron chi connectivity index (χ0n) is 40.5. The Morgan fingerprint density at radius 2 is 1.18 bits per heavy atom. The maximum Gasteiger partial charge on any atom is 0.197 e. The van der Waals surface area contributed by atoms with Crippen molar-refractivity contribution in [3.63, 3.8) is 0 Å². The number of rotatable bonds is 3. The van der Waals surface area contributed by atoms with Crippen molar-refractivity contribution >= 4 is 114 Å². The van der Waals surface area contributed by atoms with Crippen molar-refractivity contribution in [2.45, 2.75) is 96.8 Å². The fourth-order valence-corrected chi connectivity index (χ4v) is 14.9. The highest BCUT2D eigenvalue weighted by atomic mass is 32.1. The van der Waals surface area contributed by atoms with Gasteiger partial charge in [-0.2, -0.15) is 0 Å². The van der Waals surface area contributed by atoms with E-state index in [1.807, 2.05) is 22.7 Å². The number of fused-ring (bicyclic) bond motifs is 15. The van der Waals surface area contributed by atoms with E-state index < -0.39 is 0 Å². The van der Waals surface area contributed by atoms with E-state index in [2.05, 4.69) is 213 Å². The Labute approximate surface area is 407 Å². The monoisotopic (exact) mass is 913 g/mol. The van der Waals surface area contributed by atoms with Crippen molar-refractivity contribution in [3.8, 4) is 27.9 Å². The van der Waals surface area contributed by atoms with Gasteiger partial charge in [-0.25, -0.2) is 0 Å². The largest absolute Gasteiger partial charge is 0.355 e. The van der Waals surface area contributed by atoms with Crippen LogP contribution in [0.4, 0.5) is 11.4 Å². The molecule has 8 aromatic carbocycles. The lowest BCUT2D eigenvalue weighted by Crippen LogP contribution is -2.37. The van der Waals surface area contributed by atoms with E-state index >= 15 is 0 Å². The normalized spacial score (nSPS) is 16.4. The van der Waals surface area contributed by atoms with E-state index in [1.54, 1.807) is 0 Å². The number of thiophene rings is 2. The third kappa shape index (κ3) is 5.64. The van der Waals surface area contributed by atoms with Crippen LogP contribution in [-0.2, 0) is 21.7 Å². The molecule has 68 heavy (non-hydrogen) atoms. The lowest BCUT2D eigenvalue weighted by atomic mass is 9.59. The third-order valence-corrected chi connectivity index (χ3v) is 18.9. The second kappa shape index (κ2) is 13.6. The Balaban J connectivity index is 1.06. The zero-order valence-corrected chi connectivity index (χ0v) is 42.1. The first-order valence-electron chi connectivity index (χ1n) is 24.5. The highest BCUT2D eigenvalue weighted by Crippen LogP contribution is 2.53. The van der Waals surface area contributed by atoms with Crippen molar-refractivity contribution in [1.29, 1.82) is 0 Å². The van der Waals surface area contributed by atoms with Crippen LogP contribution in [0.3, 0.4) is 0 Å². The molecule has 2 nitrogen and oxygen atoms in total. The van der Waals surface area contributed by atoms with E-state index in [9.17, 15) is 0 Å². The number of benzene rings is 8. The van der Waals surface area contributed by atoms with Crippen molar-refractivity contribution in [2.24, 2.45) is 0 Å². The molecule has 5 heteroatoms. The van der Waals surface area contributed by atoms with Gasteiger partial charge in [0.2, 0.25) is 0 Å². The minimum absolute atomic E-state index is 0.0742. The first kappa shape index (κ1) is 40.9. The lowest BCUT2D eigenvalue weighted by Gasteiger charge is -2.41. The molecule has 0 spiro atoms. The predicted molar refractivity (Wildman–Crippen MR) is 298 cm³/mol. The maximum atomic E-state index is 4.02. The summed E-state index contributed by atoms with van der Waals surface area (Å²) in [5.74, 6) is 0. The number of aromatic nitrogens is 1. The zero-order chi connectivity index (χ0) is 46.4. The fourth-order valence-electron chi connectivity index (χ4n) is 12.6. The molecule has 0 saturated heterocycles. The van der Waals surface area contributed by atoms with Gasteiger partial charge in [0.05, 0.1) is 5.52 Å². The van der Waals surface area contributed by atoms with Crippen LogP contribution in [0, 0.1) is 0 Å². The number of nitrogens with zero attached hydrogens (tertiary/aromatic N) is 1. The Bertz CT molecular complexity index is 4030. The topological polar surface area (TPSA) is 17.0 Å². The van der Waals surface area contributed by atoms with Gasteiger partial charge in [-0.1, -0.05) is 141 Å². The minimum Gasteiger partial charge on any atom is -0.355 e. The lowest BCUT2D eigenvalue weighted by molar-refractivity contribution is 0.332. The van der Waals surface area contributed by atoms with Crippen molar-refractivity contribution in [3.05, 3.63) is 161 Å². The molecule has 0 bridgehead atoms. The van der Waals surface area contributed by atoms with Gasteiger partial charge in [0.25, 0.3) is 0 Å². The summed E-state index contributed by atoms with van der Waals surface area (Å²) in [6, 6.07) is 52.1. The van der Waals surface area contributed by atoms with Crippen LogP contribution in [0.25, 0.3) is 90.1 Å². The Kier molecular flexibility index (Phi) is 8.15. The van der Waals surface area contributed by atoms with Crippen LogP contribution >= 0.6 is 22.7 Å². The molecule has 0 saturated carbocycles. The van der Waals surface area contributed by atoms with E-state index in [0.29, 0.717) is 0 Å². The molecule has 14 rings (SSSR count). The average molecular weight is 914 g/mol. The van der Waals surface area contributed by atoms with Gasteiger partial charge < -0.3 is 9.88 Å². The number of hydrogen-bond donors (Lipinski definition) is 1. The molecule has 3 aromatic heterocycles. The smallest absolute Gasteiger partial charge is 0.197 e. The molecule has 2 aliphatic carbocycles. The van der Waals surface area contributed by atoms with Crippen LogP contribution in [0.5, 0.6) is 0 Å². The van der Waals surface area contributed by atoms with Gasteiger partial charge >= 0.3 is 0 Å². The number of hydrogen-bond acceptors (Lipinski definition) is 3. The Hall–Kier alpha value is -6.14. The van der Waals surface area contributed by atoms with Gasteiger partial charge in [-0.05, 0) is 145 Å². The molecule has 11 aromatic rings. The average Bonchev–Trinajstić information content (AvgIpc) is 4.02. The van der Waals surface area contributed by atoms with Crippen LogP contribution in [0.1, 0.15) is 103 Å². The Morgan fingerprint density at radius 3 is 1.97 bits per heavy atom. The molecule has 331 valence electrons. The minimum atomic E-state index is -0.113. The second-order valence-corrected chi connectivity index (χ2v) is 25.3. The van der Waals surface area contributed by atoms with Crippen LogP contribution in [0.15, 0.2) is 133 Å². The quantitative estimate of drug-likeness (QED) is 0.175. The van der Waals surface area contributed by atoms with Crippen molar-refractivity contribution in [2.75, 3.05) is 5.32 Å². The summed E-state index contributed by atoms with van der Waals surface area (Å²) in [5.41, 5.74) is 21.2. The summed E-state index contributed by atoms with van der Waals surface area (Å²) in [5, 5.41) is 12.0. The summed E-state index contributed by atoms with van der Waals surface area (Å²) in [6.45, 7) is 21.5. The summed E-state index contributed by atoms with van der Waals surface area (Å²) in [7, 11) is 2.52. The molecular formula is C63H54BN2S2. The van der Waals surface area contributed by atoms with Crippen LogP contribution in [-0.4, -0.2) is 11.8 Å². The molecular weight excluding hydrogens is 860 g/mol. The van der Waals surface area contributed by atoms with Crippen molar-refractivity contribution in [1.82, 2.24) is 4.57 Å². The van der Waals surface area contributed by atoms with Crippen LogP contribution < -0.4 is 16.2 Å². The third-order valence-electron chi connectivity index (χ3n) is 16.6. The fraction of sp³-hybridized carbons (Fsp3) is 0.238. The summed E-state index contributed by atoms with van der Waals surface area (Å²) >= 11 is 3.85. The molecule has 0 amide bonds. The summed E-state index contributed by atoms with van der Waals surface area (Å²) < 4.78 is 7.99. The molecule has 1 radical (unpaired) electrons. The molecule has 1 N–H and O–H groups in total. The van der Waals surface area contributed by atoms with Gasteiger partial charge in [0.15, 0.2) is 7.28 Å². The highest BCUT2D eigenvalue weighted by molar-refractivity contribution is 7.26. The standard InChI is InChI=1S/C63H54BN2S2/c1-60(2,3)34-18-20-35(21-19-34)65-51-32-56-43(44-28-48-49(31-55(44)68-56)62(6,7)25-24-61(48,4)5)27-41(51)38-22-23-39-42-26-40-36-14-10-12-16-46(36)63(8,9)47(40)30-52(42)66-53-33-57-45(29-50(53)64-58(38)59(39)66)37-15-11-13-17-54(37)67-57/h10-23,26-33,65H,24-25H2,1-9H3. The number of anilines is 2. The SMILES string of the molecule is CC(C)(C)c1ccc(Nc2cc3sc4cc5c(cc4c3cc2-c2ccc3c4cc6c(cc4n4c3c2[B]c2cc3c(cc2-4)sc2ccccc23)C(C)(C)c2ccccc2-6)C(C)(C)CCC5(C)C)cc1. The molecule has 3 aliphatic rings. The Morgan fingerprint density at radius 1 is 0.515 bits per heavy atom. The summed E-state index contributed by atoms with van der Waals surface area (Å²) in [6.07, 6.45) is 2.40.